The Morgan fingerprint density at radius 2 is 0.606 bits per heavy atom. The fourth-order valence-corrected chi connectivity index (χ4v) is 6.81. The largest absolute Gasteiger partial charge is 0.494 e. The molecule has 0 bridgehead atoms. The fraction of sp³-hybridized carbons (Fsp3) is 0.604. The van der Waals surface area contributed by atoms with Crippen LogP contribution >= 0.6 is 0 Å². The summed E-state index contributed by atoms with van der Waals surface area (Å²) in [5, 5.41) is 9.16. The van der Waals surface area contributed by atoms with Gasteiger partial charge in [-0.05, 0) is 88.1 Å². The van der Waals surface area contributed by atoms with E-state index in [0.29, 0.717) is 62.1 Å². The number of benzene rings is 2. The fourth-order valence-electron chi connectivity index (χ4n) is 6.81. The number of hydrogen-bond donors (Lipinski definition) is 1. The van der Waals surface area contributed by atoms with Gasteiger partial charge in [-0.1, -0.05) is 135 Å². The number of rotatable bonds is 41. The molecule has 1 aromatic heterocycles. The summed E-state index contributed by atoms with van der Waals surface area (Å²) in [5.41, 5.74) is 0.738. The number of aliphatic hydroxyl groups is 1. The third-order valence-corrected chi connectivity index (χ3v) is 10.7. The van der Waals surface area contributed by atoms with Crippen molar-refractivity contribution >= 4 is 11.9 Å². The summed E-state index contributed by atoms with van der Waals surface area (Å²) in [5.74, 6) is 1.68. The van der Waals surface area contributed by atoms with Gasteiger partial charge in [-0.15, -0.1) is 15.0 Å². The summed E-state index contributed by atoms with van der Waals surface area (Å²) in [7, 11) is 0. The van der Waals surface area contributed by atoms with Crippen LogP contribution in [0.15, 0.2) is 72.8 Å². The van der Waals surface area contributed by atoms with Crippen molar-refractivity contribution in [2.75, 3.05) is 39.6 Å². The number of carbonyl (C=O) groups is 2. The van der Waals surface area contributed by atoms with E-state index in [2.05, 4.69) is 28.1 Å². The average Bonchev–Trinajstić information content (AvgIpc) is 3.31. The lowest BCUT2D eigenvalue weighted by Gasteiger charge is -2.10. The average molecular weight is 918 g/mol. The molecule has 1 N–H and O–H groups in total. The number of ether oxygens (including phenoxy) is 7. The van der Waals surface area contributed by atoms with Gasteiger partial charge in [0.15, 0.2) is 0 Å². The Morgan fingerprint density at radius 3 is 0.864 bits per heavy atom. The standard InChI is InChI=1S/C53H79N3O10/c1-43(2)49(58)65-47-33-29-45(30-34-47)60-38-24-20-16-12-8-5-6-9-14-18-22-26-40-62-51-54-52(56-53(55-51)64-42-28-37-57)63-41-27-23-19-15-11-7-10-13-17-21-25-39-61-46-31-35-48(36-32-46)66-50(59)44(3)4/h29-36,57H,1,3,5-28,37-42H2,2,4H3. The molecule has 0 aliphatic rings. The Kier molecular flexibility index (Phi) is 30.1. The number of nitrogens with zero attached hydrogens (tertiary/aromatic N) is 3. The second-order valence-corrected chi connectivity index (χ2v) is 16.9. The molecular weight excluding hydrogens is 839 g/mol. The highest BCUT2D eigenvalue weighted by molar-refractivity contribution is 5.89. The van der Waals surface area contributed by atoms with Crippen LogP contribution < -0.4 is 33.2 Å². The van der Waals surface area contributed by atoms with Crippen LogP contribution in [0.25, 0.3) is 0 Å². The molecule has 0 aliphatic heterocycles. The lowest BCUT2D eigenvalue weighted by atomic mass is 10.1. The molecular formula is C53H79N3O10. The van der Waals surface area contributed by atoms with Crippen molar-refractivity contribution in [3.63, 3.8) is 0 Å². The monoisotopic (exact) mass is 918 g/mol. The summed E-state index contributed by atoms with van der Waals surface area (Å²) in [6.07, 6.45) is 27.6. The van der Waals surface area contributed by atoms with Crippen LogP contribution in [-0.2, 0) is 9.59 Å². The second-order valence-electron chi connectivity index (χ2n) is 16.9. The third kappa shape index (κ3) is 27.3. The molecule has 0 atom stereocenters. The van der Waals surface area contributed by atoms with E-state index >= 15 is 0 Å². The topological polar surface area (TPSA) is 158 Å². The smallest absolute Gasteiger partial charge is 0.338 e. The highest BCUT2D eigenvalue weighted by atomic mass is 16.5. The number of esters is 2. The molecule has 13 heteroatoms. The van der Waals surface area contributed by atoms with Gasteiger partial charge in [-0.25, -0.2) is 9.59 Å². The molecule has 0 spiro atoms. The molecule has 2 aromatic carbocycles. The molecule has 0 aliphatic carbocycles. The predicted molar refractivity (Wildman–Crippen MR) is 259 cm³/mol. The molecule has 0 saturated heterocycles. The van der Waals surface area contributed by atoms with Gasteiger partial charge < -0.3 is 38.3 Å². The van der Waals surface area contributed by atoms with E-state index in [-0.39, 0.29) is 24.6 Å². The second kappa shape index (κ2) is 36.0. The van der Waals surface area contributed by atoms with E-state index in [0.717, 1.165) is 62.9 Å². The number of hydrogen-bond acceptors (Lipinski definition) is 13. The Labute approximate surface area is 395 Å². The Morgan fingerprint density at radius 1 is 0.379 bits per heavy atom. The first-order valence-corrected chi connectivity index (χ1v) is 24.7. The highest BCUT2D eigenvalue weighted by Crippen LogP contribution is 2.22. The molecule has 366 valence electrons. The third-order valence-electron chi connectivity index (χ3n) is 10.7. The van der Waals surface area contributed by atoms with Gasteiger partial charge >= 0.3 is 30.0 Å². The zero-order chi connectivity index (χ0) is 47.3. The van der Waals surface area contributed by atoms with Crippen LogP contribution in [0.5, 0.6) is 41.0 Å². The number of aromatic nitrogens is 3. The Balaban J connectivity index is 1.11. The van der Waals surface area contributed by atoms with Crippen LogP contribution in [0.3, 0.4) is 0 Å². The van der Waals surface area contributed by atoms with E-state index in [4.69, 9.17) is 38.3 Å². The quantitative estimate of drug-likeness (QED) is 0.0248. The first kappa shape index (κ1) is 55.2. The van der Waals surface area contributed by atoms with E-state index in [1.807, 2.05) is 24.3 Å². The molecule has 0 unspecified atom stereocenters. The van der Waals surface area contributed by atoms with Gasteiger partial charge in [0.2, 0.25) is 0 Å². The van der Waals surface area contributed by atoms with Gasteiger partial charge in [0.25, 0.3) is 0 Å². The van der Waals surface area contributed by atoms with Crippen molar-refractivity contribution < 1.29 is 47.9 Å². The van der Waals surface area contributed by atoms with Crippen LogP contribution in [-0.4, -0.2) is 71.6 Å². The zero-order valence-corrected chi connectivity index (χ0v) is 40.2. The minimum absolute atomic E-state index is 0.0288. The van der Waals surface area contributed by atoms with E-state index < -0.39 is 11.9 Å². The normalized spacial score (nSPS) is 10.9. The first-order chi connectivity index (χ1) is 32.2. The molecule has 13 nitrogen and oxygen atoms in total. The van der Waals surface area contributed by atoms with Gasteiger partial charge in [-0.2, -0.15) is 0 Å². The van der Waals surface area contributed by atoms with Crippen molar-refractivity contribution in [1.82, 2.24) is 15.0 Å². The Hall–Kier alpha value is -5.17. The summed E-state index contributed by atoms with van der Waals surface area (Å²) in [6, 6.07) is 14.8. The lowest BCUT2D eigenvalue weighted by Crippen LogP contribution is -2.09. The molecule has 66 heavy (non-hydrogen) atoms. The summed E-state index contributed by atoms with van der Waals surface area (Å²) < 4.78 is 39.5. The van der Waals surface area contributed by atoms with Crippen LogP contribution in [0.4, 0.5) is 0 Å². The van der Waals surface area contributed by atoms with Crippen LogP contribution in [0.2, 0.25) is 0 Å². The van der Waals surface area contributed by atoms with Crippen molar-refractivity contribution in [3.05, 3.63) is 72.8 Å². The minimum atomic E-state index is -0.427. The number of carbonyl (C=O) groups excluding carboxylic acids is 2. The number of aliphatic hydroxyl groups excluding tert-OH is 1. The van der Waals surface area contributed by atoms with Gasteiger partial charge in [0.05, 0.1) is 33.0 Å². The molecule has 0 amide bonds. The van der Waals surface area contributed by atoms with E-state index in [9.17, 15) is 9.59 Å². The maximum absolute atomic E-state index is 11.6. The summed E-state index contributed by atoms with van der Waals surface area (Å²) in [6.45, 7) is 13.2. The highest BCUT2D eigenvalue weighted by Gasteiger charge is 2.11. The Bertz CT molecular complexity index is 1770. The SMILES string of the molecule is C=C(C)C(=O)Oc1ccc(OCCCCCCCCCCCCCCOc2nc(OCCCO)nc(OCCCCCCCCCCCCCOc3ccc(OC(=O)C(=C)C)cc3)n2)cc1. The van der Waals surface area contributed by atoms with Crippen molar-refractivity contribution in [3.8, 4) is 41.0 Å². The van der Waals surface area contributed by atoms with Crippen molar-refractivity contribution in [2.24, 2.45) is 0 Å². The minimum Gasteiger partial charge on any atom is -0.494 e. The number of unbranched alkanes of at least 4 members (excludes halogenated alkanes) is 21. The lowest BCUT2D eigenvalue weighted by molar-refractivity contribution is -0.130. The molecule has 0 saturated carbocycles. The molecule has 0 radical (unpaired) electrons. The van der Waals surface area contributed by atoms with Gasteiger partial charge in [-0.3, -0.25) is 0 Å². The van der Waals surface area contributed by atoms with Crippen LogP contribution in [0.1, 0.15) is 168 Å². The van der Waals surface area contributed by atoms with Gasteiger partial charge in [0.1, 0.15) is 23.0 Å². The summed E-state index contributed by atoms with van der Waals surface area (Å²) >= 11 is 0. The zero-order valence-electron chi connectivity index (χ0n) is 40.2. The maximum Gasteiger partial charge on any atom is 0.338 e. The van der Waals surface area contributed by atoms with Crippen LogP contribution in [0, 0.1) is 0 Å². The molecule has 3 aromatic rings. The van der Waals surface area contributed by atoms with Gasteiger partial charge in [0, 0.05) is 24.2 Å². The molecule has 0 fully saturated rings. The molecule has 3 rings (SSSR count). The predicted octanol–water partition coefficient (Wildman–Crippen LogP) is 12.5. The first-order valence-electron chi connectivity index (χ1n) is 24.7. The van der Waals surface area contributed by atoms with Crippen molar-refractivity contribution in [2.45, 2.75) is 168 Å². The molecule has 1 heterocycles. The maximum atomic E-state index is 11.6. The van der Waals surface area contributed by atoms with E-state index in [1.165, 1.54) is 96.3 Å². The summed E-state index contributed by atoms with van der Waals surface area (Å²) in [4.78, 5) is 36.3. The van der Waals surface area contributed by atoms with E-state index in [1.54, 1.807) is 38.1 Å². The van der Waals surface area contributed by atoms with Crippen molar-refractivity contribution in [1.29, 1.82) is 0 Å².